The van der Waals surface area contributed by atoms with Crippen molar-refractivity contribution in [3.63, 3.8) is 0 Å². The second-order valence-electron chi connectivity index (χ2n) is 3.64. The Bertz CT molecular complexity index is 527. The van der Waals surface area contributed by atoms with E-state index in [0.29, 0.717) is 5.95 Å². The number of fused-ring (bicyclic) bond motifs is 1. The first-order chi connectivity index (χ1) is 7.61. The number of aromatic nitrogens is 2. The van der Waals surface area contributed by atoms with Gasteiger partial charge in [0, 0.05) is 15.9 Å². The summed E-state index contributed by atoms with van der Waals surface area (Å²) in [6.45, 7) is 2.04. The largest absolute Gasteiger partial charge is 0.368 e. The molecule has 0 aliphatic heterocycles. The molecule has 1 heterocycles. The van der Waals surface area contributed by atoms with E-state index in [1.807, 2.05) is 32.2 Å². The molecule has 1 aromatic heterocycles. The summed E-state index contributed by atoms with van der Waals surface area (Å²) in [5.74, 6) is 0.312. The van der Waals surface area contributed by atoms with E-state index in [1.165, 1.54) is 0 Å². The van der Waals surface area contributed by atoms with E-state index < -0.39 is 0 Å². The molecule has 0 amide bonds. The second-order valence-corrected chi connectivity index (χ2v) is 4.55. The molecule has 0 fully saturated rings. The molecule has 1 aromatic carbocycles. The molecular weight excluding hydrogens is 268 g/mol. The first kappa shape index (κ1) is 11.3. The van der Waals surface area contributed by atoms with Crippen LogP contribution in [0.4, 0.5) is 5.95 Å². The highest BCUT2D eigenvalue weighted by Crippen LogP contribution is 2.25. The van der Waals surface area contributed by atoms with Gasteiger partial charge in [-0.1, -0.05) is 15.9 Å². The Kier molecular flexibility index (Phi) is 3.07. The molecular formula is C11H13BrN4. The van der Waals surface area contributed by atoms with Crippen LogP contribution in [0.15, 0.2) is 22.7 Å². The predicted molar refractivity (Wildman–Crippen MR) is 69.1 cm³/mol. The third kappa shape index (κ3) is 2.01. The van der Waals surface area contributed by atoms with Gasteiger partial charge in [0.05, 0.1) is 11.2 Å². The van der Waals surface area contributed by atoms with Crippen LogP contribution >= 0.6 is 15.9 Å². The van der Waals surface area contributed by atoms with Gasteiger partial charge in [-0.25, -0.2) is 9.97 Å². The molecule has 0 aliphatic carbocycles. The van der Waals surface area contributed by atoms with Gasteiger partial charge in [-0.15, -0.1) is 0 Å². The normalized spacial score (nSPS) is 12.9. The van der Waals surface area contributed by atoms with E-state index in [2.05, 4.69) is 31.2 Å². The molecule has 0 bridgehead atoms. The molecule has 1 unspecified atom stereocenters. The Labute approximate surface area is 102 Å². The van der Waals surface area contributed by atoms with Gasteiger partial charge in [0.1, 0.15) is 0 Å². The lowest BCUT2D eigenvalue weighted by Gasteiger charge is -2.13. The first-order valence-corrected chi connectivity index (χ1v) is 5.81. The van der Waals surface area contributed by atoms with Crippen LogP contribution in [0.1, 0.15) is 18.7 Å². The Hall–Kier alpha value is -1.20. The number of hydrogen-bond donors (Lipinski definition) is 2. The fourth-order valence-electron chi connectivity index (χ4n) is 1.61. The summed E-state index contributed by atoms with van der Waals surface area (Å²) < 4.78 is 1.01. The lowest BCUT2D eigenvalue weighted by molar-refractivity contribution is 0.638. The Morgan fingerprint density at radius 3 is 2.81 bits per heavy atom. The zero-order valence-electron chi connectivity index (χ0n) is 9.16. The van der Waals surface area contributed by atoms with Crippen molar-refractivity contribution in [1.29, 1.82) is 0 Å². The van der Waals surface area contributed by atoms with Gasteiger partial charge in [0.25, 0.3) is 0 Å². The van der Waals surface area contributed by atoms with Crippen LogP contribution in [0.3, 0.4) is 0 Å². The van der Waals surface area contributed by atoms with Crippen molar-refractivity contribution in [2.24, 2.45) is 0 Å². The Morgan fingerprint density at radius 2 is 2.12 bits per heavy atom. The van der Waals surface area contributed by atoms with E-state index in [-0.39, 0.29) is 6.04 Å². The van der Waals surface area contributed by atoms with E-state index in [0.717, 1.165) is 21.1 Å². The summed E-state index contributed by atoms with van der Waals surface area (Å²) in [5.41, 5.74) is 7.48. The fourth-order valence-corrected chi connectivity index (χ4v) is 1.97. The third-order valence-corrected chi connectivity index (χ3v) is 3.04. The lowest BCUT2D eigenvalue weighted by Crippen LogP contribution is -2.15. The SMILES string of the molecule is CNC(C)c1nc(N)nc2ccc(Br)cc12. The number of rotatable bonds is 2. The number of anilines is 1. The van der Waals surface area contributed by atoms with Gasteiger partial charge in [0.2, 0.25) is 5.95 Å². The summed E-state index contributed by atoms with van der Waals surface area (Å²) in [6.07, 6.45) is 0. The molecule has 0 aliphatic rings. The maximum Gasteiger partial charge on any atom is 0.220 e. The summed E-state index contributed by atoms with van der Waals surface area (Å²) in [7, 11) is 1.90. The van der Waals surface area contributed by atoms with Crippen LogP contribution in [0, 0.1) is 0 Å². The molecule has 0 spiro atoms. The number of nitrogens with zero attached hydrogens (tertiary/aromatic N) is 2. The molecule has 84 valence electrons. The number of nitrogen functional groups attached to an aromatic ring is 1. The Morgan fingerprint density at radius 1 is 1.38 bits per heavy atom. The quantitative estimate of drug-likeness (QED) is 0.886. The maximum atomic E-state index is 5.69. The number of nitrogens with two attached hydrogens (primary N) is 1. The number of benzene rings is 1. The van der Waals surface area contributed by atoms with Gasteiger partial charge in [-0.3, -0.25) is 0 Å². The number of hydrogen-bond acceptors (Lipinski definition) is 4. The Balaban J connectivity index is 2.74. The lowest BCUT2D eigenvalue weighted by atomic mass is 10.1. The van der Waals surface area contributed by atoms with Crippen LogP contribution in [0.25, 0.3) is 10.9 Å². The van der Waals surface area contributed by atoms with E-state index in [1.54, 1.807) is 0 Å². The minimum Gasteiger partial charge on any atom is -0.368 e. The average molecular weight is 281 g/mol. The monoisotopic (exact) mass is 280 g/mol. The molecule has 0 saturated heterocycles. The number of nitrogens with one attached hydrogen (secondary N) is 1. The molecule has 5 heteroatoms. The predicted octanol–water partition coefficient (Wildman–Crippen LogP) is 2.25. The van der Waals surface area contributed by atoms with Crippen molar-refractivity contribution in [2.75, 3.05) is 12.8 Å². The minimum atomic E-state index is 0.141. The van der Waals surface area contributed by atoms with Crippen molar-refractivity contribution in [3.05, 3.63) is 28.4 Å². The van der Waals surface area contributed by atoms with Crippen molar-refractivity contribution in [2.45, 2.75) is 13.0 Å². The molecule has 1 atom stereocenters. The molecule has 0 saturated carbocycles. The average Bonchev–Trinajstić information content (AvgIpc) is 2.27. The van der Waals surface area contributed by atoms with Crippen LogP contribution in [0.2, 0.25) is 0 Å². The fraction of sp³-hybridized carbons (Fsp3) is 0.273. The van der Waals surface area contributed by atoms with Crippen molar-refractivity contribution in [1.82, 2.24) is 15.3 Å². The van der Waals surface area contributed by atoms with Gasteiger partial charge >= 0.3 is 0 Å². The number of halogens is 1. The van der Waals surface area contributed by atoms with Gasteiger partial charge < -0.3 is 11.1 Å². The molecule has 3 N–H and O–H groups in total. The summed E-state index contributed by atoms with van der Waals surface area (Å²) in [5, 5.41) is 4.18. The highest BCUT2D eigenvalue weighted by molar-refractivity contribution is 9.10. The highest BCUT2D eigenvalue weighted by Gasteiger charge is 2.11. The first-order valence-electron chi connectivity index (χ1n) is 5.01. The molecule has 2 aromatic rings. The molecule has 0 radical (unpaired) electrons. The van der Waals surface area contributed by atoms with Gasteiger partial charge in [-0.05, 0) is 32.2 Å². The van der Waals surface area contributed by atoms with E-state index in [4.69, 9.17) is 5.73 Å². The van der Waals surface area contributed by atoms with Crippen molar-refractivity contribution < 1.29 is 0 Å². The molecule has 16 heavy (non-hydrogen) atoms. The molecule has 4 nitrogen and oxygen atoms in total. The minimum absolute atomic E-state index is 0.141. The van der Waals surface area contributed by atoms with Crippen LogP contribution in [-0.4, -0.2) is 17.0 Å². The van der Waals surface area contributed by atoms with Crippen molar-refractivity contribution in [3.8, 4) is 0 Å². The second kappa shape index (κ2) is 4.35. The summed E-state index contributed by atoms with van der Waals surface area (Å²) >= 11 is 3.45. The van der Waals surface area contributed by atoms with Crippen LogP contribution in [-0.2, 0) is 0 Å². The van der Waals surface area contributed by atoms with Crippen LogP contribution < -0.4 is 11.1 Å². The zero-order chi connectivity index (χ0) is 11.7. The topological polar surface area (TPSA) is 63.8 Å². The smallest absolute Gasteiger partial charge is 0.220 e. The zero-order valence-corrected chi connectivity index (χ0v) is 10.7. The standard InChI is InChI=1S/C11H13BrN4/c1-6(14-2)10-8-5-7(12)3-4-9(8)15-11(13)16-10/h3-6,14H,1-2H3,(H2,13,15,16). The highest BCUT2D eigenvalue weighted by atomic mass is 79.9. The molecule has 2 rings (SSSR count). The van der Waals surface area contributed by atoms with Crippen LogP contribution in [0.5, 0.6) is 0 Å². The van der Waals surface area contributed by atoms with Crippen molar-refractivity contribution >= 4 is 32.8 Å². The maximum absolute atomic E-state index is 5.69. The van der Waals surface area contributed by atoms with Gasteiger partial charge in [0.15, 0.2) is 0 Å². The summed E-state index contributed by atoms with van der Waals surface area (Å²) in [6, 6.07) is 6.03. The van der Waals surface area contributed by atoms with E-state index in [9.17, 15) is 0 Å². The summed E-state index contributed by atoms with van der Waals surface area (Å²) in [4.78, 5) is 8.51. The van der Waals surface area contributed by atoms with E-state index >= 15 is 0 Å². The van der Waals surface area contributed by atoms with Gasteiger partial charge in [-0.2, -0.15) is 0 Å². The third-order valence-electron chi connectivity index (χ3n) is 2.55.